The maximum atomic E-state index is 12.2. The standard InChI is InChI=1S/C12H17N3O3S/c1-9(12-4-3-5-18-12)15-19(16,17)11-6-10(7-13-2)14-8-11/h3-6,8-9,13-15H,7H2,1-2H3. The third-order valence-corrected chi connectivity index (χ3v) is 4.22. The summed E-state index contributed by atoms with van der Waals surface area (Å²) in [6, 6.07) is 4.65. The third kappa shape index (κ3) is 3.25. The molecule has 0 saturated carbocycles. The van der Waals surface area contributed by atoms with Gasteiger partial charge in [-0.1, -0.05) is 0 Å². The molecule has 6 nitrogen and oxygen atoms in total. The van der Waals surface area contributed by atoms with Crippen molar-refractivity contribution >= 4 is 10.0 Å². The summed E-state index contributed by atoms with van der Waals surface area (Å²) in [5.74, 6) is 0.578. The van der Waals surface area contributed by atoms with Gasteiger partial charge in [0, 0.05) is 18.4 Å². The summed E-state index contributed by atoms with van der Waals surface area (Å²) >= 11 is 0. The Hall–Kier alpha value is -1.57. The Morgan fingerprint density at radius 3 is 2.89 bits per heavy atom. The fraction of sp³-hybridized carbons (Fsp3) is 0.333. The Labute approximate surface area is 112 Å². The molecule has 3 N–H and O–H groups in total. The SMILES string of the molecule is CNCc1cc(S(=O)(=O)NC(C)c2ccco2)c[nH]1. The van der Waals surface area contributed by atoms with Gasteiger partial charge in [-0.2, -0.15) is 0 Å². The molecule has 7 heteroatoms. The van der Waals surface area contributed by atoms with Gasteiger partial charge in [0.15, 0.2) is 0 Å². The molecule has 0 fully saturated rings. The zero-order valence-electron chi connectivity index (χ0n) is 10.8. The van der Waals surface area contributed by atoms with E-state index in [2.05, 4.69) is 15.0 Å². The number of aromatic nitrogens is 1. The van der Waals surface area contributed by atoms with Crippen molar-refractivity contribution in [3.05, 3.63) is 42.1 Å². The van der Waals surface area contributed by atoms with Gasteiger partial charge in [-0.3, -0.25) is 0 Å². The molecule has 0 radical (unpaired) electrons. The van der Waals surface area contributed by atoms with Crippen LogP contribution >= 0.6 is 0 Å². The summed E-state index contributed by atoms with van der Waals surface area (Å²) in [5.41, 5.74) is 0.813. The minimum atomic E-state index is -3.55. The lowest BCUT2D eigenvalue weighted by molar-refractivity contribution is 0.459. The normalized spacial score (nSPS) is 13.6. The molecule has 1 atom stereocenters. The topological polar surface area (TPSA) is 87.1 Å². The van der Waals surface area contributed by atoms with Crippen LogP contribution in [0.1, 0.15) is 24.4 Å². The molecule has 2 aromatic rings. The van der Waals surface area contributed by atoms with E-state index in [9.17, 15) is 8.42 Å². The predicted molar refractivity (Wildman–Crippen MR) is 71.0 cm³/mol. The van der Waals surface area contributed by atoms with Gasteiger partial charge in [0.05, 0.1) is 17.2 Å². The number of rotatable bonds is 6. The summed E-state index contributed by atoms with van der Waals surface area (Å²) in [4.78, 5) is 3.13. The van der Waals surface area contributed by atoms with Crippen LogP contribution in [0.5, 0.6) is 0 Å². The molecular formula is C12H17N3O3S. The molecule has 19 heavy (non-hydrogen) atoms. The average Bonchev–Trinajstić information content (AvgIpc) is 2.99. The lowest BCUT2D eigenvalue weighted by Gasteiger charge is -2.10. The second-order valence-electron chi connectivity index (χ2n) is 4.25. The molecule has 1 unspecified atom stereocenters. The minimum Gasteiger partial charge on any atom is -0.468 e. The van der Waals surface area contributed by atoms with Gasteiger partial charge in [0.1, 0.15) is 5.76 Å². The van der Waals surface area contributed by atoms with Crippen LogP contribution in [-0.2, 0) is 16.6 Å². The Bertz CT molecular complexity index is 616. The fourth-order valence-corrected chi connectivity index (χ4v) is 2.99. The second kappa shape index (κ2) is 5.60. The number of hydrogen-bond donors (Lipinski definition) is 3. The highest BCUT2D eigenvalue weighted by Gasteiger charge is 2.20. The van der Waals surface area contributed by atoms with Crippen LogP contribution in [-0.4, -0.2) is 20.4 Å². The van der Waals surface area contributed by atoms with Crippen LogP contribution in [0.15, 0.2) is 40.0 Å². The van der Waals surface area contributed by atoms with Crippen molar-refractivity contribution in [2.24, 2.45) is 0 Å². The van der Waals surface area contributed by atoms with Crippen LogP contribution in [0.25, 0.3) is 0 Å². The number of H-pyrrole nitrogens is 1. The van der Waals surface area contributed by atoms with Crippen molar-refractivity contribution in [3.63, 3.8) is 0 Å². The van der Waals surface area contributed by atoms with Gasteiger partial charge in [-0.25, -0.2) is 13.1 Å². The molecule has 2 aromatic heterocycles. The Morgan fingerprint density at radius 1 is 1.47 bits per heavy atom. The monoisotopic (exact) mass is 283 g/mol. The maximum Gasteiger partial charge on any atom is 0.242 e. The first-order chi connectivity index (χ1) is 9.03. The van der Waals surface area contributed by atoms with Gasteiger partial charge in [-0.15, -0.1) is 0 Å². The summed E-state index contributed by atoms with van der Waals surface area (Å²) in [7, 11) is -1.75. The van der Waals surface area contributed by atoms with Crippen LogP contribution in [0.3, 0.4) is 0 Å². The molecule has 2 rings (SSSR count). The van der Waals surface area contributed by atoms with E-state index in [1.165, 1.54) is 12.5 Å². The quantitative estimate of drug-likeness (QED) is 0.747. The predicted octanol–water partition coefficient (Wildman–Crippen LogP) is 1.37. The number of nitrogens with one attached hydrogen (secondary N) is 3. The van der Waals surface area contributed by atoms with Gasteiger partial charge in [-0.05, 0) is 32.2 Å². The molecule has 0 spiro atoms. The first-order valence-electron chi connectivity index (χ1n) is 5.90. The van der Waals surface area contributed by atoms with E-state index in [0.29, 0.717) is 12.3 Å². The lowest BCUT2D eigenvalue weighted by atomic mass is 10.3. The largest absolute Gasteiger partial charge is 0.468 e. The molecule has 0 amide bonds. The Kier molecular flexibility index (Phi) is 4.08. The van der Waals surface area contributed by atoms with Gasteiger partial charge in [0.2, 0.25) is 10.0 Å². The highest BCUT2D eigenvalue weighted by molar-refractivity contribution is 7.89. The van der Waals surface area contributed by atoms with Crippen LogP contribution < -0.4 is 10.0 Å². The summed E-state index contributed by atoms with van der Waals surface area (Å²) in [5, 5.41) is 2.95. The molecule has 0 saturated heterocycles. The zero-order chi connectivity index (χ0) is 13.9. The van der Waals surface area contributed by atoms with Gasteiger partial charge >= 0.3 is 0 Å². The molecule has 0 aliphatic rings. The zero-order valence-corrected chi connectivity index (χ0v) is 11.6. The number of sulfonamides is 1. The molecule has 0 aliphatic heterocycles. The molecule has 0 aromatic carbocycles. The summed E-state index contributed by atoms with van der Waals surface area (Å²) in [6.45, 7) is 2.32. The van der Waals surface area contributed by atoms with Crippen molar-refractivity contribution in [1.82, 2.24) is 15.0 Å². The fourth-order valence-electron chi connectivity index (χ4n) is 1.76. The molecule has 2 heterocycles. The summed E-state index contributed by atoms with van der Waals surface area (Å²) < 4.78 is 32.1. The highest BCUT2D eigenvalue weighted by atomic mass is 32.2. The number of aromatic amines is 1. The average molecular weight is 283 g/mol. The molecule has 104 valence electrons. The second-order valence-corrected chi connectivity index (χ2v) is 5.96. The van der Waals surface area contributed by atoms with Crippen molar-refractivity contribution in [3.8, 4) is 0 Å². The van der Waals surface area contributed by atoms with Crippen molar-refractivity contribution in [1.29, 1.82) is 0 Å². The maximum absolute atomic E-state index is 12.2. The molecular weight excluding hydrogens is 266 g/mol. The summed E-state index contributed by atoms with van der Waals surface area (Å²) in [6.07, 6.45) is 2.99. The van der Waals surface area contributed by atoms with Gasteiger partial charge in [0.25, 0.3) is 0 Å². The van der Waals surface area contributed by atoms with Crippen LogP contribution in [0, 0.1) is 0 Å². The third-order valence-electron chi connectivity index (χ3n) is 2.70. The van der Waals surface area contributed by atoms with Crippen LogP contribution in [0.4, 0.5) is 0 Å². The van der Waals surface area contributed by atoms with Gasteiger partial charge < -0.3 is 14.7 Å². The first-order valence-corrected chi connectivity index (χ1v) is 7.39. The van der Waals surface area contributed by atoms with Crippen molar-refractivity contribution < 1.29 is 12.8 Å². The number of hydrogen-bond acceptors (Lipinski definition) is 4. The van der Waals surface area contributed by atoms with E-state index < -0.39 is 16.1 Å². The van der Waals surface area contributed by atoms with E-state index >= 15 is 0 Å². The molecule has 0 aliphatic carbocycles. The van der Waals surface area contributed by atoms with E-state index in [1.807, 2.05) is 0 Å². The van der Waals surface area contributed by atoms with E-state index in [0.717, 1.165) is 5.69 Å². The Morgan fingerprint density at radius 2 is 2.26 bits per heavy atom. The van der Waals surface area contributed by atoms with E-state index in [4.69, 9.17) is 4.42 Å². The number of furan rings is 1. The van der Waals surface area contributed by atoms with E-state index in [1.54, 1.807) is 32.2 Å². The highest BCUT2D eigenvalue weighted by Crippen LogP contribution is 2.17. The molecule has 0 bridgehead atoms. The van der Waals surface area contributed by atoms with Crippen molar-refractivity contribution in [2.45, 2.75) is 24.4 Å². The van der Waals surface area contributed by atoms with Crippen molar-refractivity contribution in [2.75, 3.05) is 7.05 Å². The minimum absolute atomic E-state index is 0.219. The van der Waals surface area contributed by atoms with Crippen LogP contribution in [0.2, 0.25) is 0 Å². The Balaban J connectivity index is 2.13. The van der Waals surface area contributed by atoms with E-state index in [-0.39, 0.29) is 4.90 Å². The smallest absolute Gasteiger partial charge is 0.242 e. The first kappa shape index (κ1) is 13.9. The lowest BCUT2D eigenvalue weighted by Crippen LogP contribution is -2.26.